The maximum Gasteiger partial charge on any atom is 0.253 e. The lowest BCUT2D eigenvalue weighted by Gasteiger charge is -2.20. The van der Waals surface area contributed by atoms with E-state index in [1.807, 2.05) is 0 Å². The van der Waals surface area contributed by atoms with Crippen LogP contribution in [0.4, 0.5) is 4.39 Å². The van der Waals surface area contributed by atoms with E-state index in [2.05, 4.69) is 15.4 Å². The molecule has 0 aliphatic rings. The second kappa shape index (κ2) is 10.2. The Balaban J connectivity index is 2.74. The van der Waals surface area contributed by atoms with Gasteiger partial charge < -0.3 is 16.8 Å². The van der Waals surface area contributed by atoms with E-state index >= 15 is 0 Å². The predicted octanol–water partition coefficient (Wildman–Crippen LogP) is -0.905. The number of amides is 1. The SMILES string of the molecule is N/C=N\N(N)CC(=O)C(CCCCN)NC(=O)c1ccc(F)nc1. The number of nitrogens with one attached hydrogen (secondary N) is 1. The molecular weight excluding hydrogens is 317 g/mol. The van der Waals surface area contributed by atoms with Gasteiger partial charge in [0.15, 0.2) is 5.78 Å². The first-order valence-corrected chi connectivity index (χ1v) is 7.39. The molecule has 132 valence electrons. The van der Waals surface area contributed by atoms with Crippen LogP contribution in [0.15, 0.2) is 23.4 Å². The number of pyridine rings is 1. The Bertz CT molecular complexity index is 565. The molecule has 0 aliphatic carbocycles. The van der Waals surface area contributed by atoms with Gasteiger partial charge in [-0.25, -0.2) is 15.9 Å². The Morgan fingerprint density at radius 3 is 2.75 bits per heavy atom. The van der Waals surface area contributed by atoms with Gasteiger partial charge in [-0.2, -0.15) is 9.49 Å². The molecule has 10 heteroatoms. The molecule has 0 saturated heterocycles. The average Bonchev–Trinajstić information content (AvgIpc) is 2.54. The van der Waals surface area contributed by atoms with Crippen molar-refractivity contribution >= 4 is 18.0 Å². The van der Waals surface area contributed by atoms with E-state index in [1.165, 1.54) is 6.07 Å². The summed E-state index contributed by atoms with van der Waals surface area (Å²) in [6, 6.07) is 1.58. The number of rotatable bonds is 10. The molecule has 0 bridgehead atoms. The van der Waals surface area contributed by atoms with Crippen molar-refractivity contribution in [2.45, 2.75) is 25.3 Å². The molecule has 24 heavy (non-hydrogen) atoms. The minimum absolute atomic E-state index is 0.151. The zero-order valence-corrected chi connectivity index (χ0v) is 13.2. The highest BCUT2D eigenvalue weighted by Gasteiger charge is 2.22. The molecule has 0 aromatic carbocycles. The average molecular weight is 339 g/mol. The van der Waals surface area contributed by atoms with Crippen LogP contribution < -0.4 is 22.6 Å². The standard InChI is InChI=1S/C14H22FN7O2/c15-13-5-4-10(7-19-13)14(24)21-11(3-1-2-6-16)12(23)8-22(18)20-9-17/h4-5,7,9,11H,1-3,6,8,16,18H2,(H2,17,20)(H,21,24). The van der Waals surface area contributed by atoms with E-state index < -0.39 is 17.9 Å². The molecule has 1 heterocycles. The minimum Gasteiger partial charge on any atom is -0.388 e. The number of hydrogen-bond donors (Lipinski definition) is 4. The Hall–Kier alpha value is -2.59. The zero-order valence-electron chi connectivity index (χ0n) is 13.2. The van der Waals surface area contributed by atoms with Crippen molar-refractivity contribution in [2.24, 2.45) is 22.4 Å². The number of hydrazine groups is 1. The number of carbonyl (C=O) groups excluding carboxylic acids is 2. The molecule has 0 radical (unpaired) electrons. The fraction of sp³-hybridized carbons (Fsp3) is 0.429. The highest BCUT2D eigenvalue weighted by molar-refractivity contribution is 5.98. The van der Waals surface area contributed by atoms with Gasteiger partial charge in [-0.1, -0.05) is 0 Å². The van der Waals surface area contributed by atoms with Gasteiger partial charge in [0.25, 0.3) is 5.91 Å². The molecular formula is C14H22FN7O2. The molecule has 1 aromatic rings. The monoisotopic (exact) mass is 339 g/mol. The lowest BCUT2D eigenvalue weighted by molar-refractivity contribution is -0.122. The molecule has 1 amide bonds. The van der Waals surface area contributed by atoms with Gasteiger partial charge >= 0.3 is 0 Å². The van der Waals surface area contributed by atoms with Gasteiger partial charge in [0.1, 0.15) is 12.9 Å². The van der Waals surface area contributed by atoms with E-state index in [-0.39, 0.29) is 17.9 Å². The van der Waals surface area contributed by atoms with E-state index in [0.29, 0.717) is 25.8 Å². The number of ketones is 1. The molecule has 0 spiro atoms. The third-order valence-corrected chi connectivity index (χ3v) is 3.16. The van der Waals surface area contributed by atoms with Crippen LogP contribution in [0.3, 0.4) is 0 Å². The number of hydrogen-bond acceptors (Lipinski definition) is 7. The molecule has 7 N–H and O–H groups in total. The van der Waals surface area contributed by atoms with Crippen LogP contribution in [0, 0.1) is 5.95 Å². The fourth-order valence-corrected chi connectivity index (χ4v) is 1.95. The summed E-state index contributed by atoms with van der Waals surface area (Å²) in [7, 11) is 0. The first-order valence-electron chi connectivity index (χ1n) is 7.39. The first kappa shape index (κ1) is 19.5. The number of unbranched alkanes of at least 4 members (excludes halogenated alkanes) is 1. The maximum absolute atomic E-state index is 12.8. The third-order valence-electron chi connectivity index (χ3n) is 3.16. The number of Topliss-reactive ketones (excluding diaryl/α,β-unsaturated/α-hetero) is 1. The molecule has 1 aromatic heterocycles. The van der Waals surface area contributed by atoms with Gasteiger partial charge in [-0.15, -0.1) is 0 Å². The molecule has 0 aliphatic heterocycles. The third kappa shape index (κ3) is 6.67. The number of halogens is 1. The Morgan fingerprint density at radius 2 is 2.17 bits per heavy atom. The van der Waals surface area contributed by atoms with Crippen LogP contribution in [0.2, 0.25) is 0 Å². The van der Waals surface area contributed by atoms with Crippen molar-refractivity contribution in [1.29, 1.82) is 0 Å². The van der Waals surface area contributed by atoms with Crippen molar-refractivity contribution < 1.29 is 14.0 Å². The number of hydrazone groups is 1. The summed E-state index contributed by atoms with van der Waals surface area (Å²) in [6.45, 7) is 0.264. The van der Waals surface area contributed by atoms with Gasteiger partial charge in [-0.3, -0.25) is 9.59 Å². The highest BCUT2D eigenvalue weighted by atomic mass is 19.1. The second-order valence-corrected chi connectivity index (χ2v) is 5.01. The van der Waals surface area contributed by atoms with Crippen LogP contribution in [-0.2, 0) is 4.79 Å². The summed E-state index contributed by atoms with van der Waals surface area (Å²) in [5.41, 5.74) is 10.7. The highest BCUT2D eigenvalue weighted by Crippen LogP contribution is 2.06. The zero-order chi connectivity index (χ0) is 17.9. The van der Waals surface area contributed by atoms with Crippen LogP contribution in [0.25, 0.3) is 0 Å². The largest absolute Gasteiger partial charge is 0.388 e. The molecule has 1 rings (SSSR count). The Labute approximate surface area is 139 Å². The van der Waals surface area contributed by atoms with Gasteiger partial charge in [0.05, 0.1) is 11.6 Å². The van der Waals surface area contributed by atoms with Crippen molar-refractivity contribution in [3.8, 4) is 0 Å². The molecule has 1 unspecified atom stereocenters. The van der Waals surface area contributed by atoms with Crippen molar-refractivity contribution in [1.82, 2.24) is 15.4 Å². The summed E-state index contributed by atoms with van der Waals surface area (Å²) in [4.78, 5) is 27.9. The maximum atomic E-state index is 12.8. The summed E-state index contributed by atoms with van der Waals surface area (Å²) >= 11 is 0. The summed E-state index contributed by atoms with van der Waals surface area (Å²) in [5, 5.41) is 7.03. The van der Waals surface area contributed by atoms with Crippen LogP contribution in [0.1, 0.15) is 29.6 Å². The van der Waals surface area contributed by atoms with Gasteiger partial charge in [0, 0.05) is 6.20 Å². The summed E-state index contributed by atoms with van der Waals surface area (Å²) in [6.07, 6.45) is 3.82. The van der Waals surface area contributed by atoms with E-state index in [1.54, 1.807) is 0 Å². The van der Waals surface area contributed by atoms with Crippen LogP contribution >= 0.6 is 0 Å². The lowest BCUT2D eigenvalue weighted by atomic mass is 10.0. The summed E-state index contributed by atoms with van der Waals surface area (Å²) < 4.78 is 12.8. The summed E-state index contributed by atoms with van der Waals surface area (Å²) in [5.74, 6) is 3.93. The molecule has 1 atom stereocenters. The van der Waals surface area contributed by atoms with E-state index in [9.17, 15) is 14.0 Å². The van der Waals surface area contributed by atoms with Crippen molar-refractivity contribution in [3.63, 3.8) is 0 Å². The smallest absolute Gasteiger partial charge is 0.253 e. The number of carbonyl (C=O) groups is 2. The Morgan fingerprint density at radius 1 is 1.42 bits per heavy atom. The Kier molecular flexibility index (Phi) is 8.30. The molecule has 0 saturated carbocycles. The molecule has 0 fully saturated rings. The van der Waals surface area contributed by atoms with Gasteiger partial charge in [-0.05, 0) is 37.9 Å². The predicted molar refractivity (Wildman–Crippen MR) is 86.9 cm³/mol. The van der Waals surface area contributed by atoms with Crippen molar-refractivity contribution in [3.05, 3.63) is 29.8 Å². The lowest BCUT2D eigenvalue weighted by Crippen LogP contribution is -2.46. The number of aromatic nitrogens is 1. The van der Waals surface area contributed by atoms with E-state index in [0.717, 1.165) is 23.7 Å². The first-order chi connectivity index (χ1) is 11.5. The van der Waals surface area contributed by atoms with Crippen molar-refractivity contribution in [2.75, 3.05) is 13.1 Å². The quantitative estimate of drug-likeness (QED) is 0.107. The van der Waals surface area contributed by atoms with Crippen LogP contribution in [0.5, 0.6) is 0 Å². The van der Waals surface area contributed by atoms with Crippen LogP contribution in [-0.4, -0.2) is 47.3 Å². The minimum atomic E-state index is -0.770. The number of nitrogens with two attached hydrogens (primary N) is 3. The van der Waals surface area contributed by atoms with E-state index in [4.69, 9.17) is 17.3 Å². The topological polar surface area (TPSA) is 153 Å². The number of nitrogens with zero attached hydrogens (tertiary/aromatic N) is 3. The normalized spacial score (nSPS) is 12.1. The second-order valence-electron chi connectivity index (χ2n) is 5.01. The fourth-order valence-electron chi connectivity index (χ4n) is 1.95. The molecule has 9 nitrogen and oxygen atoms in total. The van der Waals surface area contributed by atoms with Gasteiger partial charge in [0.2, 0.25) is 5.95 Å².